The zero-order valence-corrected chi connectivity index (χ0v) is 31.3. The summed E-state index contributed by atoms with van der Waals surface area (Å²) in [7, 11) is 0. The Morgan fingerprint density at radius 1 is 0.345 bits per heavy atom. The largest absolute Gasteiger partial charge is 0.309 e. The molecule has 0 fully saturated rings. The molecule has 12 aromatic rings. The fourth-order valence-electron chi connectivity index (χ4n) is 9.89. The Bertz CT molecular complexity index is 3680. The second-order valence-corrected chi connectivity index (χ2v) is 15.3. The molecular weight excluding hydrogens is 705 g/mol. The van der Waals surface area contributed by atoms with E-state index < -0.39 is 0 Å². The number of benzene rings is 10. The SMILES string of the molecule is c1ccc(N2c3ccccc3-c3nc(-c4ccc(-n5c6ccccc6c6c7c8ccccc8c8ccccc8c7c7ccccc7c65)cc4)nc4cccc2c34)cc1. The number of anilines is 3. The Morgan fingerprint density at radius 2 is 0.931 bits per heavy atom. The van der Waals surface area contributed by atoms with E-state index in [2.05, 4.69) is 204 Å². The molecule has 0 spiro atoms. The maximum absolute atomic E-state index is 5.35. The van der Waals surface area contributed by atoms with Crippen molar-refractivity contribution in [1.82, 2.24) is 14.5 Å². The van der Waals surface area contributed by atoms with Crippen molar-refractivity contribution in [2.24, 2.45) is 0 Å². The average molecular weight is 737 g/mol. The Balaban J connectivity index is 1.05. The van der Waals surface area contributed by atoms with Crippen molar-refractivity contribution in [3.05, 3.63) is 194 Å². The van der Waals surface area contributed by atoms with Gasteiger partial charge in [0.15, 0.2) is 5.82 Å². The van der Waals surface area contributed by atoms with Crippen LogP contribution in [0.1, 0.15) is 0 Å². The summed E-state index contributed by atoms with van der Waals surface area (Å²) in [5.74, 6) is 0.714. The van der Waals surface area contributed by atoms with Crippen LogP contribution in [0.4, 0.5) is 17.1 Å². The zero-order chi connectivity index (χ0) is 37.9. The summed E-state index contributed by atoms with van der Waals surface area (Å²) in [5, 5.41) is 13.8. The lowest BCUT2D eigenvalue weighted by Gasteiger charge is -2.32. The molecule has 0 amide bonds. The second-order valence-electron chi connectivity index (χ2n) is 15.3. The minimum Gasteiger partial charge on any atom is -0.309 e. The number of rotatable bonds is 3. The van der Waals surface area contributed by atoms with E-state index in [0.717, 1.165) is 50.5 Å². The van der Waals surface area contributed by atoms with Crippen molar-refractivity contribution in [3.63, 3.8) is 0 Å². The summed E-state index contributed by atoms with van der Waals surface area (Å²) < 4.78 is 2.46. The van der Waals surface area contributed by atoms with Crippen molar-refractivity contribution in [1.29, 1.82) is 0 Å². The summed E-state index contributed by atoms with van der Waals surface area (Å²) in [6.07, 6.45) is 0. The molecule has 13 rings (SSSR count). The van der Waals surface area contributed by atoms with Crippen LogP contribution in [0, 0.1) is 0 Å². The molecule has 1 aliphatic heterocycles. The zero-order valence-electron chi connectivity index (χ0n) is 31.3. The van der Waals surface area contributed by atoms with Gasteiger partial charge in [0.05, 0.1) is 39.0 Å². The van der Waals surface area contributed by atoms with Gasteiger partial charge in [0.2, 0.25) is 0 Å². The summed E-state index contributed by atoms with van der Waals surface area (Å²) in [6.45, 7) is 0. The van der Waals surface area contributed by atoms with E-state index in [4.69, 9.17) is 9.97 Å². The van der Waals surface area contributed by atoms with Crippen LogP contribution >= 0.6 is 0 Å². The fraction of sp³-hybridized carbons (Fsp3) is 0. The van der Waals surface area contributed by atoms with Gasteiger partial charge in [-0.05, 0) is 93.0 Å². The number of hydrogen-bond donors (Lipinski definition) is 0. The van der Waals surface area contributed by atoms with Crippen LogP contribution in [-0.2, 0) is 0 Å². The van der Waals surface area contributed by atoms with Crippen LogP contribution in [0.3, 0.4) is 0 Å². The first-order valence-corrected chi connectivity index (χ1v) is 19.8. The van der Waals surface area contributed by atoms with Gasteiger partial charge in [-0.2, -0.15) is 0 Å². The van der Waals surface area contributed by atoms with Crippen LogP contribution in [0.5, 0.6) is 0 Å². The van der Waals surface area contributed by atoms with E-state index in [1.807, 2.05) is 0 Å². The number of aromatic nitrogens is 3. The number of fused-ring (bicyclic) bond motifs is 15. The van der Waals surface area contributed by atoms with Gasteiger partial charge in [0.1, 0.15) is 0 Å². The van der Waals surface area contributed by atoms with E-state index in [0.29, 0.717) is 5.82 Å². The lowest BCUT2D eigenvalue weighted by atomic mass is 9.88. The molecule has 268 valence electrons. The number of nitrogens with zero attached hydrogens (tertiary/aromatic N) is 4. The molecule has 0 aliphatic carbocycles. The smallest absolute Gasteiger partial charge is 0.160 e. The summed E-state index contributed by atoms with van der Waals surface area (Å²) >= 11 is 0. The predicted octanol–water partition coefficient (Wildman–Crippen LogP) is 14.5. The van der Waals surface area contributed by atoms with Crippen molar-refractivity contribution in [3.8, 4) is 28.3 Å². The standard InChI is InChI=1S/C54H32N4/c1-2-15-34(16-3-1)57-46-27-13-11-24-43(46)52-51-44(25-14-28-47(51)57)55-54(56-52)33-29-31-35(32-30-33)58-45-26-12-10-23-42(45)50-49-39-20-7-5-18-37(39)36-17-4-6-19-38(36)48(49)40-21-8-9-22-41(40)53(50)58/h1-32H. The summed E-state index contributed by atoms with van der Waals surface area (Å²) in [6, 6.07) is 70.0. The average Bonchev–Trinajstić information content (AvgIpc) is 3.65. The normalized spacial score (nSPS) is 12.4. The highest BCUT2D eigenvalue weighted by Crippen LogP contribution is 2.51. The van der Waals surface area contributed by atoms with Crippen molar-refractivity contribution in [2.45, 2.75) is 0 Å². The van der Waals surface area contributed by atoms with Gasteiger partial charge in [-0.3, -0.25) is 0 Å². The lowest BCUT2D eigenvalue weighted by molar-refractivity contribution is 1.17. The van der Waals surface area contributed by atoms with Gasteiger partial charge in [-0.15, -0.1) is 0 Å². The van der Waals surface area contributed by atoms with Crippen LogP contribution in [0.15, 0.2) is 194 Å². The Labute approximate surface area is 333 Å². The highest BCUT2D eigenvalue weighted by atomic mass is 15.2. The molecule has 2 aromatic heterocycles. The first-order valence-electron chi connectivity index (χ1n) is 19.8. The molecule has 0 atom stereocenters. The van der Waals surface area contributed by atoms with Gasteiger partial charge in [-0.1, -0.05) is 133 Å². The first-order chi connectivity index (χ1) is 28.8. The van der Waals surface area contributed by atoms with Crippen molar-refractivity contribution >= 4 is 92.9 Å². The van der Waals surface area contributed by atoms with Crippen molar-refractivity contribution < 1.29 is 0 Å². The third-order valence-corrected chi connectivity index (χ3v) is 12.2. The Kier molecular flexibility index (Phi) is 6.41. The summed E-state index contributed by atoms with van der Waals surface area (Å²) in [5.41, 5.74) is 10.8. The molecule has 0 unspecified atom stereocenters. The molecule has 4 heteroatoms. The van der Waals surface area contributed by atoms with Gasteiger partial charge < -0.3 is 9.47 Å². The highest BCUT2D eigenvalue weighted by molar-refractivity contribution is 6.42. The molecule has 1 aliphatic rings. The third kappa shape index (κ3) is 4.23. The lowest BCUT2D eigenvalue weighted by Crippen LogP contribution is -2.16. The minimum atomic E-state index is 0.714. The first kappa shape index (κ1) is 31.4. The molecular formula is C54H32N4. The molecule has 0 saturated carbocycles. The third-order valence-electron chi connectivity index (χ3n) is 12.2. The quantitative estimate of drug-likeness (QED) is 0.169. The van der Waals surface area contributed by atoms with Crippen LogP contribution < -0.4 is 4.90 Å². The summed E-state index contributed by atoms with van der Waals surface area (Å²) in [4.78, 5) is 12.9. The fourth-order valence-corrected chi connectivity index (χ4v) is 9.89. The predicted molar refractivity (Wildman–Crippen MR) is 243 cm³/mol. The number of para-hydroxylation sites is 3. The molecule has 3 heterocycles. The molecule has 4 nitrogen and oxygen atoms in total. The van der Waals surface area contributed by atoms with E-state index in [-0.39, 0.29) is 0 Å². The maximum atomic E-state index is 5.35. The molecule has 0 N–H and O–H groups in total. The topological polar surface area (TPSA) is 34.0 Å². The molecule has 0 saturated heterocycles. The Morgan fingerprint density at radius 3 is 1.69 bits per heavy atom. The van der Waals surface area contributed by atoms with Crippen LogP contribution in [-0.4, -0.2) is 14.5 Å². The molecule has 58 heavy (non-hydrogen) atoms. The van der Waals surface area contributed by atoms with Crippen LogP contribution in [0.2, 0.25) is 0 Å². The van der Waals surface area contributed by atoms with E-state index >= 15 is 0 Å². The molecule has 10 aromatic carbocycles. The van der Waals surface area contributed by atoms with E-state index in [1.54, 1.807) is 0 Å². The molecule has 0 bridgehead atoms. The van der Waals surface area contributed by atoms with Crippen molar-refractivity contribution in [2.75, 3.05) is 4.90 Å². The molecule has 0 radical (unpaired) electrons. The van der Waals surface area contributed by atoms with Gasteiger partial charge in [-0.25, -0.2) is 9.97 Å². The Hall–Kier alpha value is -7.82. The van der Waals surface area contributed by atoms with Gasteiger partial charge >= 0.3 is 0 Å². The second kappa shape index (κ2) is 11.8. The van der Waals surface area contributed by atoms with Gasteiger partial charge in [0.25, 0.3) is 0 Å². The number of hydrogen-bond acceptors (Lipinski definition) is 3. The van der Waals surface area contributed by atoms with Gasteiger partial charge in [0, 0.05) is 44.0 Å². The minimum absolute atomic E-state index is 0.714. The maximum Gasteiger partial charge on any atom is 0.160 e. The van der Waals surface area contributed by atoms with Crippen LogP contribution in [0.25, 0.3) is 104 Å². The highest BCUT2D eigenvalue weighted by Gasteiger charge is 2.28. The van der Waals surface area contributed by atoms with E-state index in [1.165, 1.54) is 64.9 Å². The monoisotopic (exact) mass is 736 g/mol. The van der Waals surface area contributed by atoms with E-state index in [9.17, 15) is 0 Å².